The van der Waals surface area contributed by atoms with E-state index in [-0.39, 0.29) is 11.2 Å². The molecule has 0 aliphatic heterocycles. The molecule has 1 heterocycles. The van der Waals surface area contributed by atoms with Crippen LogP contribution in [0.2, 0.25) is 0 Å². The third-order valence-electron chi connectivity index (χ3n) is 3.13. The predicted molar refractivity (Wildman–Crippen MR) is 84.7 cm³/mol. The van der Waals surface area contributed by atoms with Crippen LogP contribution in [-0.4, -0.2) is 17.0 Å². The minimum atomic E-state index is -0.295. The fourth-order valence-corrected chi connectivity index (χ4v) is 1.89. The van der Waals surface area contributed by atoms with E-state index in [1.54, 1.807) is 19.2 Å². The number of hydrogen-bond donors (Lipinski definition) is 2. The third kappa shape index (κ3) is 3.48. The van der Waals surface area contributed by atoms with E-state index in [1.807, 2.05) is 33.8 Å². The summed E-state index contributed by atoms with van der Waals surface area (Å²) < 4.78 is 13.9. The van der Waals surface area contributed by atoms with Crippen molar-refractivity contribution in [3.63, 3.8) is 0 Å². The molecule has 112 valence electrons. The fraction of sp³-hybridized carbons (Fsp3) is 0.375. The number of aromatic nitrogens is 2. The average Bonchev–Trinajstić information content (AvgIpc) is 2.42. The Morgan fingerprint density at radius 3 is 2.33 bits per heavy atom. The van der Waals surface area contributed by atoms with Crippen LogP contribution in [-0.2, 0) is 5.41 Å². The monoisotopic (exact) mass is 288 g/mol. The summed E-state index contributed by atoms with van der Waals surface area (Å²) in [6, 6.07) is 6.74. The van der Waals surface area contributed by atoms with Crippen molar-refractivity contribution in [3.8, 4) is 0 Å². The van der Waals surface area contributed by atoms with E-state index in [0.717, 1.165) is 5.56 Å². The lowest BCUT2D eigenvalue weighted by atomic mass is 9.96. The molecule has 2 aromatic rings. The van der Waals surface area contributed by atoms with Crippen LogP contribution in [0.25, 0.3) is 0 Å². The number of anilines is 3. The van der Waals surface area contributed by atoms with Gasteiger partial charge in [-0.2, -0.15) is 0 Å². The second-order valence-electron chi connectivity index (χ2n) is 6.02. The maximum atomic E-state index is 13.9. The lowest BCUT2D eigenvalue weighted by molar-refractivity contribution is 0.547. The Hall–Kier alpha value is -2.17. The molecule has 1 aromatic heterocycles. The summed E-state index contributed by atoms with van der Waals surface area (Å²) in [6.07, 6.45) is 0. The Morgan fingerprint density at radius 1 is 1.10 bits per heavy atom. The molecule has 1 aromatic carbocycles. The largest absolute Gasteiger partial charge is 0.373 e. The topological polar surface area (TPSA) is 49.8 Å². The molecule has 0 saturated heterocycles. The summed E-state index contributed by atoms with van der Waals surface area (Å²) in [6.45, 7) is 7.98. The van der Waals surface area contributed by atoms with E-state index >= 15 is 0 Å². The van der Waals surface area contributed by atoms with Gasteiger partial charge in [0.05, 0.1) is 5.69 Å². The number of aryl methyl sites for hydroxylation is 1. The number of nitrogens with zero attached hydrogens (tertiary/aromatic N) is 2. The number of rotatable bonds is 3. The fourth-order valence-electron chi connectivity index (χ4n) is 1.89. The maximum absolute atomic E-state index is 13.9. The zero-order chi connectivity index (χ0) is 15.6. The average molecular weight is 288 g/mol. The van der Waals surface area contributed by atoms with Crippen LogP contribution >= 0.6 is 0 Å². The zero-order valence-electron chi connectivity index (χ0n) is 13.1. The van der Waals surface area contributed by atoms with Gasteiger partial charge in [-0.3, -0.25) is 0 Å². The maximum Gasteiger partial charge on any atom is 0.146 e. The van der Waals surface area contributed by atoms with Crippen LogP contribution in [0.4, 0.5) is 21.7 Å². The van der Waals surface area contributed by atoms with Crippen molar-refractivity contribution in [2.75, 3.05) is 17.7 Å². The third-order valence-corrected chi connectivity index (χ3v) is 3.13. The minimum Gasteiger partial charge on any atom is -0.373 e. The van der Waals surface area contributed by atoms with Crippen LogP contribution < -0.4 is 10.6 Å². The van der Waals surface area contributed by atoms with E-state index in [9.17, 15) is 4.39 Å². The quantitative estimate of drug-likeness (QED) is 0.896. The van der Waals surface area contributed by atoms with Gasteiger partial charge in [0.1, 0.15) is 23.3 Å². The normalized spacial score (nSPS) is 11.3. The Morgan fingerprint density at radius 2 is 1.76 bits per heavy atom. The van der Waals surface area contributed by atoms with Crippen molar-refractivity contribution in [3.05, 3.63) is 41.5 Å². The number of para-hydroxylation sites is 1. The molecule has 0 aliphatic rings. The molecule has 0 atom stereocenters. The molecular weight excluding hydrogens is 267 g/mol. The summed E-state index contributed by atoms with van der Waals surface area (Å²) in [5.74, 6) is 1.68. The summed E-state index contributed by atoms with van der Waals surface area (Å²) in [4.78, 5) is 8.95. The Bertz CT molecular complexity index is 627. The van der Waals surface area contributed by atoms with Crippen molar-refractivity contribution in [1.29, 1.82) is 0 Å². The van der Waals surface area contributed by atoms with Crippen LogP contribution in [0.1, 0.15) is 32.2 Å². The second kappa shape index (κ2) is 5.68. The highest BCUT2D eigenvalue weighted by atomic mass is 19.1. The molecule has 0 amide bonds. The SMILES string of the molecule is CNc1cc(Nc2c(C)cccc2F)nc(C(C)(C)C)n1. The molecule has 0 bridgehead atoms. The molecule has 0 aliphatic carbocycles. The highest BCUT2D eigenvalue weighted by molar-refractivity contribution is 5.63. The standard InChI is InChI=1S/C16H21FN4/c1-10-7-6-8-11(17)14(10)19-13-9-12(18-5)20-15(21-13)16(2,3)4/h6-9H,1-5H3,(H2,18,19,20,21). The Labute approximate surface area is 124 Å². The van der Waals surface area contributed by atoms with Gasteiger partial charge >= 0.3 is 0 Å². The van der Waals surface area contributed by atoms with Gasteiger partial charge in [0.2, 0.25) is 0 Å². The first-order valence-electron chi connectivity index (χ1n) is 6.90. The van der Waals surface area contributed by atoms with Crippen molar-refractivity contribution in [1.82, 2.24) is 9.97 Å². The van der Waals surface area contributed by atoms with E-state index in [4.69, 9.17) is 0 Å². The molecule has 4 nitrogen and oxygen atoms in total. The molecule has 0 spiro atoms. The predicted octanol–water partition coefficient (Wildman–Crippen LogP) is 4.01. The molecule has 0 fully saturated rings. The molecule has 2 rings (SSSR count). The van der Waals surface area contributed by atoms with Crippen LogP contribution in [0.15, 0.2) is 24.3 Å². The van der Waals surface area contributed by atoms with Crippen molar-refractivity contribution in [2.24, 2.45) is 0 Å². The number of halogens is 1. The van der Waals surface area contributed by atoms with Gasteiger partial charge < -0.3 is 10.6 Å². The highest BCUT2D eigenvalue weighted by Gasteiger charge is 2.19. The smallest absolute Gasteiger partial charge is 0.146 e. The molecule has 5 heteroatoms. The first kappa shape index (κ1) is 15.2. The summed E-state index contributed by atoms with van der Waals surface area (Å²) in [7, 11) is 1.80. The Kier molecular flexibility index (Phi) is 4.11. The summed E-state index contributed by atoms with van der Waals surface area (Å²) in [5.41, 5.74) is 1.09. The summed E-state index contributed by atoms with van der Waals surface area (Å²) >= 11 is 0. The minimum absolute atomic E-state index is 0.187. The van der Waals surface area contributed by atoms with Gasteiger partial charge in [-0.15, -0.1) is 0 Å². The Balaban J connectivity index is 2.45. The zero-order valence-corrected chi connectivity index (χ0v) is 13.1. The highest BCUT2D eigenvalue weighted by Crippen LogP contribution is 2.26. The van der Waals surface area contributed by atoms with Crippen molar-refractivity contribution >= 4 is 17.3 Å². The van der Waals surface area contributed by atoms with Gasteiger partial charge in [-0.25, -0.2) is 14.4 Å². The van der Waals surface area contributed by atoms with E-state index in [0.29, 0.717) is 23.1 Å². The van der Waals surface area contributed by atoms with Crippen LogP contribution in [0, 0.1) is 12.7 Å². The molecular formula is C16H21FN4. The molecule has 0 radical (unpaired) electrons. The first-order valence-corrected chi connectivity index (χ1v) is 6.90. The van der Waals surface area contributed by atoms with E-state index in [1.165, 1.54) is 6.07 Å². The lowest BCUT2D eigenvalue weighted by Crippen LogP contribution is -2.17. The van der Waals surface area contributed by atoms with E-state index in [2.05, 4.69) is 20.6 Å². The first-order chi connectivity index (χ1) is 9.81. The van der Waals surface area contributed by atoms with Crippen LogP contribution in [0.3, 0.4) is 0 Å². The van der Waals surface area contributed by atoms with Crippen LogP contribution in [0.5, 0.6) is 0 Å². The van der Waals surface area contributed by atoms with Gasteiger partial charge in [0.25, 0.3) is 0 Å². The molecule has 2 N–H and O–H groups in total. The van der Waals surface area contributed by atoms with E-state index < -0.39 is 0 Å². The van der Waals surface area contributed by atoms with Gasteiger partial charge in [-0.1, -0.05) is 32.9 Å². The number of hydrogen-bond acceptors (Lipinski definition) is 4. The molecule has 21 heavy (non-hydrogen) atoms. The number of nitrogens with one attached hydrogen (secondary N) is 2. The number of benzene rings is 1. The molecule has 0 unspecified atom stereocenters. The second-order valence-corrected chi connectivity index (χ2v) is 6.02. The van der Waals surface area contributed by atoms with Gasteiger partial charge in [-0.05, 0) is 18.6 Å². The molecule has 0 saturated carbocycles. The van der Waals surface area contributed by atoms with Gasteiger partial charge in [0.15, 0.2) is 0 Å². The van der Waals surface area contributed by atoms with Crippen molar-refractivity contribution < 1.29 is 4.39 Å². The summed E-state index contributed by atoms with van der Waals surface area (Å²) in [5, 5.41) is 6.07. The van der Waals surface area contributed by atoms with Crippen molar-refractivity contribution in [2.45, 2.75) is 33.1 Å². The van der Waals surface area contributed by atoms with Gasteiger partial charge in [0, 0.05) is 18.5 Å². The lowest BCUT2D eigenvalue weighted by Gasteiger charge is -2.19.